The molecule has 10 heteroatoms. The first-order chi connectivity index (χ1) is 12.4. The number of halogens is 4. The predicted octanol–water partition coefficient (Wildman–Crippen LogP) is 2.83. The summed E-state index contributed by atoms with van der Waals surface area (Å²) in [7, 11) is -3.97. The van der Waals surface area contributed by atoms with Gasteiger partial charge in [0.05, 0.1) is 23.4 Å². The van der Waals surface area contributed by atoms with E-state index in [4.69, 9.17) is 11.6 Å². The number of hydrogen-bond donors (Lipinski definition) is 1. The third kappa shape index (κ3) is 4.75. The summed E-state index contributed by atoms with van der Waals surface area (Å²) in [6, 6.07) is 1.06. The normalized spacial score (nSPS) is 22.4. The number of hydrogen-bond acceptors (Lipinski definition) is 3. The quantitative estimate of drug-likeness (QED) is 0.760. The zero-order valence-corrected chi connectivity index (χ0v) is 16.7. The van der Waals surface area contributed by atoms with Crippen molar-refractivity contribution in [1.29, 1.82) is 0 Å². The second-order valence-corrected chi connectivity index (χ2v) is 9.31. The zero-order chi connectivity index (χ0) is 20.6. The number of rotatable bonds is 6. The highest BCUT2D eigenvalue weighted by atomic mass is 35.5. The van der Waals surface area contributed by atoms with Crippen molar-refractivity contribution in [2.75, 3.05) is 12.3 Å². The third-order valence-electron chi connectivity index (χ3n) is 4.55. The molecule has 0 aromatic heterocycles. The lowest BCUT2D eigenvalue weighted by molar-refractivity contribution is -0.136. The van der Waals surface area contributed by atoms with Gasteiger partial charge in [0.1, 0.15) is 11.9 Å². The van der Waals surface area contributed by atoms with Gasteiger partial charge in [-0.15, -0.1) is 0 Å². The van der Waals surface area contributed by atoms with Crippen LogP contribution in [0.3, 0.4) is 0 Å². The summed E-state index contributed by atoms with van der Waals surface area (Å²) in [6.07, 6.45) is -0.294. The van der Waals surface area contributed by atoms with Crippen LogP contribution < -0.4 is 4.72 Å². The summed E-state index contributed by atoms with van der Waals surface area (Å²) in [5.41, 5.74) is 0.0347. The minimum absolute atomic E-state index is 0.0347. The van der Waals surface area contributed by atoms with Crippen LogP contribution in [0.25, 0.3) is 0 Å². The van der Waals surface area contributed by atoms with E-state index in [1.807, 2.05) is 4.72 Å². The fourth-order valence-corrected chi connectivity index (χ4v) is 4.16. The van der Waals surface area contributed by atoms with Gasteiger partial charge in [0.2, 0.25) is 15.9 Å². The first kappa shape index (κ1) is 22.0. The Hall–Kier alpha value is -1.32. The van der Waals surface area contributed by atoms with Crippen LogP contribution >= 0.6 is 11.6 Å². The molecule has 152 valence electrons. The molecule has 1 aliphatic heterocycles. The van der Waals surface area contributed by atoms with Crippen LogP contribution in [0.2, 0.25) is 5.02 Å². The molecule has 5 nitrogen and oxygen atoms in total. The topological polar surface area (TPSA) is 66.5 Å². The van der Waals surface area contributed by atoms with E-state index < -0.39 is 58.0 Å². The molecule has 0 saturated carbocycles. The summed E-state index contributed by atoms with van der Waals surface area (Å²) >= 11 is 5.75. The minimum Gasteiger partial charge on any atom is -0.331 e. The molecule has 2 atom stereocenters. The van der Waals surface area contributed by atoms with Crippen molar-refractivity contribution in [3.63, 3.8) is 0 Å². The van der Waals surface area contributed by atoms with E-state index in [1.54, 1.807) is 13.8 Å². The number of sulfonamides is 1. The minimum atomic E-state index is -3.97. The van der Waals surface area contributed by atoms with Crippen LogP contribution in [0.5, 0.6) is 0 Å². The largest absolute Gasteiger partial charge is 0.331 e. The molecule has 0 spiro atoms. The van der Waals surface area contributed by atoms with Crippen LogP contribution in [0.15, 0.2) is 18.2 Å². The lowest BCUT2D eigenvalue weighted by Gasteiger charge is -2.29. The molecule has 27 heavy (non-hydrogen) atoms. The average molecular weight is 427 g/mol. The van der Waals surface area contributed by atoms with Crippen LogP contribution in [0.1, 0.15) is 26.3 Å². The van der Waals surface area contributed by atoms with Gasteiger partial charge in [-0.25, -0.2) is 26.3 Å². The van der Waals surface area contributed by atoms with Crippen LogP contribution in [0, 0.1) is 11.7 Å². The fourth-order valence-electron chi connectivity index (χ4n) is 3.08. The lowest BCUT2D eigenvalue weighted by Crippen LogP contribution is -2.53. The van der Waals surface area contributed by atoms with Gasteiger partial charge in [-0.1, -0.05) is 37.6 Å². The highest BCUT2D eigenvalue weighted by Crippen LogP contribution is 2.36. The van der Waals surface area contributed by atoms with E-state index in [-0.39, 0.29) is 17.0 Å². The summed E-state index contributed by atoms with van der Waals surface area (Å²) in [5.74, 6) is -5.79. The molecule has 1 heterocycles. The Morgan fingerprint density at radius 3 is 2.59 bits per heavy atom. The molecular weight excluding hydrogens is 405 g/mol. The molecule has 1 fully saturated rings. The average Bonchev–Trinajstić information content (AvgIpc) is 2.82. The van der Waals surface area contributed by atoms with Crippen molar-refractivity contribution in [3.05, 3.63) is 34.6 Å². The van der Waals surface area contributed by atoms with Crippen molar-refractivity contribution in [2.45, 2.75) is 45.2 Å². The molecule has 1 aliphatic rings. The molecule has 1 N–H and O–H groups in total. The van der Waals surface area contributed by atoms with E-state index >= 15 is 0 Å². The Labute approximate surface area is 161 Å². The van der Waals surface area contributed by atoms with Crippen LogP contribution in [-0.2, 0) is 21.2 Å². The highest BCUT2D eigenvalue weighted by Gasteiger charge is 2.57. The van der Waals surface area contributed by atoms with Gasteiger partial charge in [-0.05, 0) is 25.0 Å². The standard InChI is InChI=1S/C17H22ClF3N2O3S/c1-4-27(25,26)22-15-13(8-11-6-5-7-12(18)14(11)19)23(9-17(15,20)21)16(24)10(2)3/h5-7,10,13,15,22H,4,8-9H2,1-3H3/t13-,15+/m0/s1. The maximum Gasteiger partial charge on any atom is 0.283 e. The van der Waals surface area contributed by atoms with Crippen molar-refractivity contribution in [2.24, 2.45) is 5.92 Å². The van der Waals surface area contributed by atoms with Crippen LogP contribution in [-0.4, -0.2) is 49.5 Å². The molecule has 0 radical (unpaired) electrons. The van der Waals surface area contributed by atoms with Crippen LogP contribution in [0.4, 0.5) is 13.2 Å². The Balaban J connectivity index is 2.48. The van der Waals surface area contributed by atoms with E-state index in [1.165, 1.54) is 25.1 Å². The number of nitrogens with one attached hydrogen (secondary N) is 1. The summed E-state index contributed by atoms with van der Waals surface area (Å²) in [4.78, 5) is 13.4. The molecule has 2 rings (SSSR count). The number of alkyl halides is 2. The predicted molar refractivity (Wildman–Crippen MR) is 96.8 cm³/mol. The Kier molecular flexibility index (Phi) is 6.48. The molecule has 1 aromatic carbocycles. The fraction of sp³-hybridized carbons (Fsp3) is 0.588. The number of carbonyl (C=O) groups excluding carboxylic acids is 1. The number of benzene rings is 1. The third-order valence-corrected chi connectivity index (χ3v) is 6.21. The molecule has 0 unspecified atom stereocenters. The second-order valence-electron chi connectivity index (χ2n) is 6.87. The van der Waals surface area contributed by atoms with Crippen molar-refractivity contribution in [3.8, 4) is 0 Å². The van der Waals surface area contributed by atoms with E-state index in [9.17, 15) is 26.4 Å². The number of nitrogens with zero attached hydrogens (tertiary/aromatic N) is 1. The molecular formula is C17H22ClF3N2O3S. The van der Waals surface area contributed by atoms with Gasteiger partial charge >= 0.3 is 0 Å². The monoisotopic (exact) mass is 426 g/mol. The molecule has 0 bridgehead atoms. The highest BCUT2D eigenvalue weighted by molar-refractivity contribution is 7.89. The maximum absolute atomic E-state index is 14.6. The summed E-state index contributed by atoms with van der Waals surface area (Å²) < 4.78 is 69.4. The van der Waals surface area contributed by atoms with E-state index in [0.717, 1.165) is 4.90 Å². The number of likely N-dealkylation sites (tertiary alicyclic amines) is 1. The number of amides is 1. The molecule has 1 saturated heterocycles. The first-order valence-electron chi connectivity index (χ1n) is 8.50. The van der Waals surface area contributed by atoms with Gasteiger partial charge in [-0.3, -0.25) is 4.79 Å². The Bertz CT molecular complexity index is 818. The zero-order valence-electron chi connectivity index (χ0n) is 15.2. The van der Waals surface area contributed by atoms with Crippen molar-refractivity contribution < 1.29 is 26.4 Å². The van der Waals surface area contributed by atoms with E-state index in [2.05, 4.69) is 0 Å². The van der Waals surface area contributed by atoms with Gasteiger partial charge in [0.15, 0.2) is 0 Å². The lowest BCUT2D eigenvalue weighted by atomic mass is 9.98. The van der Waals surface area contributed by atoms with Gasteiger partial charge in [-0.2, -0.15) is 0 Å². The van der Waals surface area contributed by atoms with Crippen molar-refractivity contribution in [1.82, 2.24) is 9.62 Å². The maximum atomic E-state index is 14.6. The Morgan fingerprint density at radius 1 is 1.41 bits per heavy atom. The van der Waals surface area contributed by atoms with Gasteiger partial charge in [0.25, 0.3) is 5.92 Å². The van der Waals surface area contributed by atoms with Gasteiger partial charge in [0, 0.05) is 5.92 Å². The van der Waals surface area contributed by atoms with Gasteiger partial charge < -0.3 is 4.90 Å². The molecule has 1 aromatic rings. The van der Waals surface area contributed by atoms with Crippen molar-refractivity contribution >= 4 is 27.5 Å². The second kappa shape index (κ2) is 7.97. The smallest absolute Gasteiger partial charge is 0.283 e. The Morgan fingerprint density at radius 2 is 2.04 bits per heavy atom. The summed E-state index contributed by atoms with van der Waals surface area (Å²) in [6.45, 7) is 3.49. The SMILES string of the molecule is CCS(=O)(=O)N[C@@H]1[C@H](Cc2cccc(Cl)c2F)N(C(=O)C(C)C)CC1(F)F. The van der Waals surface area contributed by atoms with E-state index in [0.29, 0.717) is 0 Å². The number of carbonyl (C=O) groups is 1. The molecule has 0 aliphatic carbocycles. The summed E-state index contributed by atoms with van der Waals surface area (Å²) in [5, 5.41) is -0.176. The molecule has 1 amide bonds. The first-order valence-corrected chi connectivity index (χ1v) is 10.5.